The summed E-state index contributed by atoms with van der Waals surface area (Å²) in [5.74, 6) is 0.616. The van der Waals surface area contributed by atoms with Gasteiger partial charge in [-0.3, -0.25) is 4.40 Å². The van der Waals surface area contributed by atoms with Crippen molar-refractivity contribution in [3.8, 4) is 0 Å². The third-order valence-corrected chi connectivity index (χ3v) is 2.88. The highest BCUT2D eigenvalue weighted by Crippen LogP contribution is 2.19. The first-order valence-corrected chi connectivity index (χ1v) is 5.45. The van der Waals surface area contributed by atoms with E-state index in [9.17, 15) is 5.11 Å². The van der Waals surface area contributed by atoms with Crippen molar-refractivity contribution < 1.29 is 9.84 Å². The lowest BCUT2D eigenvalue weighted by Gasteiger charge is -2.20. The van der Waals surface area contributed by atoms with Crippen molar-refractivity contribution in [1.82, 2.24) is 19.6 Å². The average Bonchev–Trinajstić information content (AvgIpc) is 2.95. The molecular formula is C10H13N5O2. The van der Waals surface area contributed by atoms with Crippen LogP contribution in [0.1, 0.15) is 6.42 Å². The summed E-state index contributed by atoms with van der Waals surface area (Å²) < 4.78 is 6.95. The number of aliphatic hydroxyl groups is 1. The molecule has 17 heavy (non-hydrogen) atoms. The monoisotopic (exact) mass is 235 g/mol. The van der Waals surface area contributed by atoms with Crippen molar-refractivity contribution in [2.75, 3.05) is 25.1 Å². The lowest BCUT2D eigenvalue weighted by atomic mass is 10.0. The van der Waals surface area contributed by atoms with E-state index in [-0.39, 0.29) is 0 Å². The molecule has 1 unspecified atom stereocenters. The maximum absolute atomic E-state index is 10.1. The smallest absolute Gasteiger partial charge is 0.203 e. The van der Waals surface area contributed by atoms with Crippen molar-refractivity contribution in [3.05, 3.63) is 18.7 Å². The third kappa shape index (κ3) is 1.94. The molecule has 90 valence electrons. The SMILES string of the molecule is OC1(CNc2nccn3cnnc23)CCOC1. The van der Waals surface area contributed by atoms with Crippen molar-refractivity contribution in [3.63, 3.8) is 0 Å². The number of rotatable bonds is 3. The fraction of sp³-hybridized carbons (Fsp3) is 0.500. The van der Waals surface area contributed by atoms with Crippen molar-refractivity contribution >= 4 is 11.5 Å². The summed E-state index contributed by atoms with van der Waals surface area (Å²) in [5.41, 5.74) is -0.163. The van der Waals surface area contributed by atoms with Gasteiger partial charge in [0.25, 0.3) is 0 Å². The van der Waals surface area contributed by atoms with E-state index in [0.29, 0.717) is 37.6 Å². The van der Waals surface area contributed by atoms with Gasteiger partial charge in [-0.15, -0.1) is 10.2 Å². The quantitative estimate of drug-likeness (QED) is 0.759. The molecule has 1 aliphatic rings. The number of nitrogens with one attached hydrogen (secondary N) is 1. The Morgan fingerprint density at radius 1 is 1.59 bits per heavy atom. The molecule has 1 atom stereocenters. The maximum Gasteiger partial charge on any atom is 0.203 e. The van der Waals surface area contributed by atoms with E-state index in [4.69, 9.17) is 4.74 Å². The lowest BCUT2D eigenvalue weighted by molar-refractivity contribution is 0.0381. The molecule has 0 radical (unpaired) electrons. The van der Waals surface area contributed by atoms with E-state index < -0.39 is 5.60 Å². The summed E-state index contributed by atoms with van der Waals surface area (Å²) in [6, 6.07) is 0. The number of anilines is 1. The minimum Gasteiger partial charge on any atom is -0.386 e. The molecule has 1 fully saturated rings. The van der Waals surface area contributed by atoms with Crippen molar-refractivity contribution in [1.29, 1.82) is 0 Å². The van der Waals surface area contributed by atoms with E-state index in [1.54, 1.807) is 23.1 Å². The molecule has 3 heterocycles. The second kappa shape index (κ2) is 3.94. The Balaban J connectivity index is 1.78. The molecule has 2 aromatic heterocycles. The Hall–Kier alpha value is -1.73. The largest absolute Gasteiger partial charge is 0.386 e. The number of ether oxygens (including phenoxy) is 1. The number of fused-ring (bicyclic) bond motifs is 1. The first kappa shape index (κ1) is 10.4. The Morgan fingerprint density at radius 3 is 3.35 bits per heavy atom. The van der Waals surface area contributed by atoms with Gasteiger partial charge in [-0.2, -0.15) is 0 Å². The van der Waals surface area contributed by atoms with Crippen molar-refractivity contribution in [2.45, 2.75) is 12.0 Å². The first-order chi connectivity index (χ1) is 8.27. The van der Waals surface area contributed by atoms with Crippen LogP contribution in [-0.2, 0) is 4.74 Å². The molecule has 7 heteroatoms. The van der Waals surface area contributed by atoms with Crippen LogP contribution < -0.4 is 5.32 Å². The summed E-state index contributed by atoms with van der Waals surface area (Å²) in [7, 11) is 0. The van der Waals surface area contributed by atoms with Gasteiger partial charge in [0.1, 0.15) is 11.9 Å². The zero-order chi connectivity index (χ0) is 11.7. The highest BCUT2D eigenvalue weighted by atomic mass is 16.5. The predicted octanol–water partition coefficient (Wildman–Crippen LogP) is -0.312. The molecule has 1 aliphatic heterocycles. The third-order valence-electron chi connectivity index (χ3n) is 2.88. The molecule has 7 nitrogen and oxygen atoms in total. The minimum absolute atomic E-state index is 0.357. The summed E-state index contributed by atoms with van der Waals surface area (Å²) in [4.78, 5) is 4.18. The van der Waals surface area contributed by atoms with Gasteiger partial charge in [0, 0.05) is 32.0 Å². The Bertz CT molecular complexity index is 520. The molecule has 0 spiro atoms. The van der Waals surface area contributed by atoms with Crippen LogP contribution in [0.25, 0.3) is 5.65 Å². The second-order valence-electron chi connectivity index (χ2n) is 4.22. The van der Waals surface area contributed by atoms with Crippen LogP contribution in [0.3, 0.4) is 0 Å². The van der Waals surface area contributed by atoms with Crippen LogP contribution in [0.4, 0.5) is 5.82 Å². The van der Waals surface area contributed by atoms with Gasteiger partial charge in [0.2, 0.25) is 5.65 Å². The van der Waals surface area contributed by atoms with Gasteiger partial charge in [-0.1, -0.05) is 0 Å². The van der Waals surface area contributed by atoms with Gasteiger partial charge in [-0.25, -0.2) is 4.98 Å². The zero-order valence-electron chi connectivity index (χ0n) is 9.20. The number of hydrogen-bond donors (Lipinski definition) is 2. The van der Waals surface area contributed by atoms with E-state index in [1.165, 1.54) is 0 Å². The van der Waals surface area contributed by atoms with Crippen LogP contribution in [0, 0.1) is 0 Å². The van der Waals surface area contributed by atoms with Crippen LogP contribution in [0.5, 0.6) is 0 Å². The Morgan fingerprint density at radius 2 is 2.53 bits per heavy atom. The number of aromatic nitrogens is 4. The summed E-state index contributed by atoms with van der Waals surface area (Å²) in [6.07, 6.45) is 5.67. The van der Waals surface area contributed by atoms with Gasteiger partial charge >= 0.3 is 0 Å². The van der Waals surface area contributed by atoms with E-state index in [0.717, 1.165) is 0 Å². The molecule has 0 aliphatic carbocycles. The predicted molar refractivity (Wildman–Crippen MR) is 59.7 cm³/mol. The van der Waals surface area contributed by atoms with E-state index in [1.807, 2.05) is 0 Å². The molecule has 0 amide bonds. The maximum atomic E-state index is 10.1. The fourth-order valence-corrected chi connectivity index (χ4v) is 1.87. The van der Waals surface area contributed by atoms with E-state index >= 15 is 0 Å². The second-order valence-corrected chi connectivity index (χ2v) is 4.22. The molecule has 0 saturated carbocycles. The zero-order valence-corrected chi connectivity index (χ0v) is 9.20. The van der Waals surface area contributed by atoms with E-state index in [2.05, 4.69) is 20.5 Å². The van der Waals surface area contributed by atoms with Crippen LogP contribution >= 0.6 is 0 Å². The molecule has 2 aromatic rings. The molecule has 0 aromatic carbocycles. The van der Waals surface area contributed by atoms with Gasteiger partial charge in [0.15, 0.2) is 5.82 Å². The minimum atomic E-state index is -0.811. The highest BCUT2D eigenvalue weighted by Gasteiger charge is 2.32. The highest BCUT2D eigenvalue weighted by molar-refractivity contribution is 5.61. The Kier molecular flexibility index (Phi) is 2.41. The normalized spacial score (nSPS) is 24.3. The summed E-state index contributed by atoms with van der Waals surface area (Å²) in [5, 5.41) is 21.0. The molecule has 2 N–H and O–H groups in total. The average molecular weight is 235 g/mol. The Labute approximate surface area is 97.5 Å². The molecule has 1 saturated heterocycles. The molecular weight excluding hydrogens is 222 g/mol. The standard InChI is InChI=1S/C10H13N5O2/c16-10(1-4-17-6-10)5-12-8-9-14-13-7-15(9)3-2-11-8/h2-3,7,16H,1,4-6H2,(H,11,12). The van der Waals surface area contributed by atoms with Crippen LogP contribution in [-0.4, -0.2) is 50.0 Å². The van der Waals surface area contributed by atoms with Crippen LogP contribution in [0.2, 0.25) is 0 Å². The summed E-state index contributed by atoms with van der Waals surface area (Å²) >= 11 is 0. The van der Waals surface area contributed by atoms with Gasteiger partial charge in [-0.05, 0) is 0 Å². The van der Waals surface area contributed by atoms with Crippen molar-refractivity contribution in [2.24, 2.45) is 0 Å². The first-order valence-electron chi connectivity index (χ1n) is 5.45. The summed E-state index contributed by atoms with van der Waals surface area (Å²) in [6.45, 7) is 1.35. The molecule has 0 bridgehead atoms. The number of hydrogen-bond acceptors (Lipinski definition) is 6. The number of nitrogens with zero attached hydrogens (tertiary/aromatic N) is 4. The van der Waals surface area contributed by atoms with Crippen LogP contribution in [0.15, 0.2) is 18.7 Å². The fourth-order valence-electron chi connectivity index (χ4n) is 1.87. The lowest BCUT2D eigenvalue weighted by Crippen LogP contribution is -2.37. The molecule has 3 rings (SSSR count). The van der Waals surface area contributed by atoms with Gasteiger partial charge in [0.05, 0.1) is 6.61 Å². The topological polar surface area (TPSA) is 84.6 Å². The van der Waals surface area contributed by atoms with Gasteiger partial charge < -0.3 is 15.2 Å².